The highest BCUT2D eigenvalue weighted by atomic mass is 79.9. The van der Waals surface area contributed by atoms with Crippen LogP contribution in [-0.2, 0) is 4.79 Å². The van der Waals surface area contributed by atoms with E-state index in [9.17, 15) is 14.7 Å². The Hall–Kier alpha value is -1.43. The number of rotatable bonds is 2. The van der Waals surface area contributed by atoms with Crippen LogP contribution >= 0.6 is 15.9 Å². The van der Waals surface area contributed by atoms with Gasteiger partial charge in [0.25, 0.3) is 5.91 Å². The highest BCUT2D eigenvalue weighted by Gasteiger charge is 2.51. The molecule has 0 spiro atoms. The quantitative estimate of drug-likeness (QED) is 0.902. The molecule has 2 aliphatic heterocycles. The number of hydrogen-bond donors (Lipinski definition) is 1. The van der Waals surface area contributed by atoms with Crippen molar-refractivity contribution in [1.29, 1.82) is 0 Å². The molecule has 0 aliphatic carbocycles. The van der Waals surface area contributed by atoms with Crippen molar-refractivity contribution in [3.63, 3.8) is 0 Å². The van der Waals surface area contributed by atoms with Crippen LogP contribution in [0.25, 0.3) is 0 Å². The zero-order valence-electron chi connectivity index (χ0n) is 10.1. The maximum Gasteiger partial charge on any atom is 0.308 e. The summed E-state index contributed by atoms with van der Waals surface area (Å²) in [5.41, 5.74) is 0.366. The standard InChI is InChI=1S/C13H13BrN2O3/c14-9-2-1-5-15-11(9)12(17)16-7-3-4-10(16)8(6-7)13(18)19/h1-2,5,7-8,10H,3-4,6H2,(H,18,19). The van der Waals surface area contributed by atoms with Crippen molar-refractivity contribution >= 4 is 27.8 Å². The molecule has 6 heteroatoms. The van der Waals surface area contributed by atoms with E-state index < -0.39 is 11.9 Å². The predicted octanol–water partition coefficient (Wildman–Crippen LogP) is 1.92. The number of nitrogens with zero attached hydrogens (tertiary/aromatic N) is 2. The van der Waals surface area contributed by atoms with Gasteiger partial charge in [-0.1, -0.05) is 0 Å². The minimum Gasteiger partial charge on any atom is -0.481 e. The van der Waals surface area contributed by atoms with Crippen molar-refractivity contribution in [1.82, 2.24) is 9.88 Å². The molecule has 1 aromatic rings. The molecule has 3 unspecified atom stereocenters. The summed E-state index contributed by atoms with van der Waals surface area (Å²) in [4.78, 5) is 29.6. The van der Waals surface area contributed by atoms with Gasteiger partial charge in [0.2, 0.25) is 0 Å². The molecular weight excluding hydrogens is 312 g/mol. The van der Waals surface area contributed by atoms with E-state index in [0.717, 1.165) is 12.8 Å². The molecule has 1 amide bonds. The largest absolute Gasteiger partial charge is 0.481 e. The average molecular weight is 325 g/mol. The Morgan fingerprint density at radius 2 is 2.21 bits per heavy atom. The third-order valence-electron chi connectivity index (χ3n) is 4.05. The Labute approximate surface area is 118 Å². The summed E-state index contributed by atoms with van der Waals surface area (Å²) < 4.78 is 0.651. The van der Waals surface area contributed by atoms with E-state index in [1.54, 1.807) is 23.2 Å². The highest BCUT2D eigenvalue weighted by Crippen LogP contribution is 2.42. The van der Waals surface area contributed by atoms with Crippen molar-refractivity contribution in [3.05, 3.63) is 28.5 Å². The van der Waals surface area contributed by atoms with Gasteiger partial charge in [-0.2, -0.15) is 0 Å². The van der Waals surface area contributed by atoms with E-state index in [4.69, 9.17) is 0 Å². The summed E-state index contributed by atoms with van der Waals surface area (Å²) in [6.07, 6.45) is 3.81. The number of halogens is 1. The molecule has 5 nitrogen and oxygen atoms in total. The zero-order valence-corrected chi connectivity index (χ0v) is 11.7. The Kier molecular flexibility index (Phi) is 3.05. The zero-order chi connectivity index (χ0) is 13.6. The highest BCUT2D eigenvalue weighted by molar-refractivity contribution is 9.10. The van der Waals surface area contributed by atoms with Gasteiger partial charge >= 0.3 is 5.97 Å². The van der Waals surface area contributed by atoms with Gasteiger partial charge in [0.05, 0.1) is 5.92 Å². The molecule has 0 aromatic carbocycles. The minimum absolute atomic E-state index is 0.0486. The Morgan fingerprint density at radius 1 is 1.42 bits per heavy atom. The maximum absolute atomic E-state index is 12.5. The fraction of sp³-hybridized carbons (Fsp3) is 0.462. The lowest BCUT2D eigenvalue weighted by molar-refractivity contribution is -0.142. The van der Waals surface area contributed by atoms with E-state index in [0.29, 0.717) is 16.6 Å². The van der Waals surface area contributed by atoms with E-state index in [-0.39, 0.29) is 18.0 Å². The molecule has 0 radical (unpaired) electrons. The average Bonchev–Trinajstić information content (AvgIpc) is 2.96. The number of carboxylic acids is 1. The van der Waals surface area contributed by atoms with Crippen LogP contribution in [0.2, 0.25) is 0 Å². The van der Waals surface area contributed by atoms with Crippen LogP contribution in [0.5, 0.6) is 0 Å². The summed E-state index contributed by atoms with van der Waals surface area (Å²) in [6.45, 7) is 0. The molecule has 19 heavy (non-hydrogen) atoms. The molecule has 100 valence electrons. The van der Waals surface area contributed by atoms with Gasteiger partial charge < -0.3 is 10.0 Å². The number of carbonyl (C=O) groups excluding carboxylic acids is 1. The van der Waals surface area contributed by atoms with E-state index >= 15 is 0 Å². The van der Waals surface area contributed by atoms with Crippen LogP contribution < -0.4 is 0 Å². The molecular formula is C13H13BrN2O3. The first kappa shape index (κ1) is 12.6. The maximum atomic E-state index is 12.5. The molecule has 3 heterocycles. The fourth-order valence-corrected chi connectivity index (χ4v) is 3.66. The van der Waals surface area contributed by atoms with Gasteiger partial charge in [-0.05, 0) is 47.3 Å². The lowest BCUT2D eigenvalue weighted by atomic mass is 9.89. The van der Waals surface area contributed by atoms with E-state index in [2.05, 4.69) is 20.9 Å². The van der Waals surface area contributed by atoms with Crippen LogP contribution in [0.3, 0.4) is 0 Å². The smallest absolute Gasteiger partial charge is 0.308 e. The first-order chi connectivity index (χ1) is 9.09. The number of pyridine rings is 1. The first-order valence-corrected chi connectivity index (χ1v) is 7.05. The van der Waals surface area contributed by atoms with Gasteiger partial charge in [0.1, 0.15) is 5.69 Å². The predicted molar refractivity (Wildman–Crippen MR) is 70.7 cm³/mol. The van der Waals surface area contributed by atoms with Crippen LogP contribution in [-0.4, -0.2) is 39.0 Å². The van der Waals surface area contributed by atoms with Gasteiger partial charge in [-0.3, -0.25) is 9.59 Å². The van der Waals surface area contributed by atoms with Crippen molar-refractivity contribution in [2.75, 3.05) is 0 Å². The number of fused-ring (bicyclic) bond motifs is 2. The second-order valence-corrected chi connectivity index (χ2v) is 5.88. The topological polar surface area (TPSA) is 70.5 Å². The molecule has 3 rings (SSSR count). The fourth-order valence-electron chi connectivity index (χ4n) is 3.24. The molecule has 1 N–H and O–H groups in total. The summed E-state index contributed by atoms with van der Waals surface area (Å²) in [5.74, 6) is -1.39. The lowest BCUT2D eigenvalue weighted by Gasteiger charge is -2.23. The number of carboxylic acid groups (broad SMARTS) is 1. The summed E-state index contributed by atoms with van der Waals surface area (Å²) in [7, 11) is 0. The molecule has 1 aromatic heterocycles. The molecule has 2 fully saturated rings. The SMILES string of the molecule is O=C(O)C1CC2CCC1N2C(=O)c1ncccc1Br. The van der Waals surface area contributed by atoms with Crippen molar-refractivity contribution in [2.24, 2.45) is 5.92 Å². The third kappa shape index (κ3) is 1.94. The van der Waals surface area contributed by atoms with Crippen molar-refractivity contribution in [2.45, 2.75) is 31.3 Å². The normalized spacial score (nSPS) is 28.7. The summed E-state index contributed by atoms with van der Waals surface area (Å²) in [5, 5.41) is 9.20. The second-order valence-electron chi connectivity index (χ2n) is 5.03. The van der Waals surface area contributed by atoms with E-state index in [1.807, 2.05) is 0 Å². The minimum atomic E-state index is -0.801. The number of carbonyl (C=O) groups is 2. The third-order valence-corrected chi connectivity index (χ3v) is 4.69. The summed E-state index contributed by atoms with van der Waals surface area (Å²) in [6, 6.07) is 3.39. The summed E-state index contributed by atoms with van der Waals surface area (Å²) >= 11 is 3.32. The Morgan fingerprint density at radius 3 is 2.84 bits per heavy atom. The van der Waals surface area contributed by atoms with Gasteiger partial charge in [-0.15, -0.1) is 0 Å². The molecule has 2 aliphatic rings. The number of aliphatic carboxylic acids is 1. The van der Waals surface area contributed by atoms with Crippen LogP contribution in [0, 0.1) is 5.92 Å². The molecule has 3 atom stereocenters. The molecule has 2 bridgehead atoms. The lowest BCUT2D eigenvalue weighted by Crippen LogP contribution is -2.38. The van der Waals surface area contributed by atoms with Crippen molar-refractivity contribution < 1.29 is 14.7 Å². The van der Waals surface area contributed by atoms with Crippen molar-refractivity contribution in [3.8, 4) is 0 Å². The Bertz CT molecular complexity index is 548. The van der Waals surface area contributed by atoms with Crippen LogP contribution in [0.1, 0.15) is 29.8 Å². The number of hydrogen-bond acceptors (Lipinski definition) is 3. The van der Waals surface area contributed by atoms with Crippen LogP contribution in [0.15, 0.2) is 22.8 Å². The van der Waals surface area contributed by atoms with Gasteiger partial charge in [0, 0.05) is 22.8 Å². The number of amides is 1. The second kappa shape index (κ2) is 4.59. The number of aromatic nitrogens is 1. The molecule has 2 saturated heterocycles. The van der Waals surface area contributed by atoms with Gasteiger partial charge in [-0.25, -0.2) is 4.98 Å². The van der Waals surface area contributed by atoms with E-state index in [1.165, 1.54) is 0 Å². The monoisotopic (exact) mass is 324 g/mol. The molecule has 0 saturated carbocycles. The Balaban J connectivity index is 1.90. The van der Waals surface area contributed by atoms with Crippen LogP contribution in [0.4, 0.5) is 0 Å². The van der Waals surface area contributed by atoms with Gasteiger partial charge in [0.15, 0.2) is 0 Å². The first-order valence-electron chi connectivity index (χ1n) is 6.25.